The first-order valence-electron chi connectivity index (χ1n) is 11.0. The number of carbonyl (C=O) groups is 2. The molecule has 150 valence electrons. The summed E-state index contributed by atoms with van der Waals surface area (Å²) in [7, 11) is 0. The molecule has 1 amide bonds. The van der Waals surface area contributed by atoms with Crippen molar-refractivity contribution in [1.82, 2.24) is 4.90 Å². The van der Waals surface area contributed by atoms with E-state index in [1.807, 2.05) is 11.8 Å². The minimum absolute atomic E-state index is 0.338. The van der Waals surface area contributed by atoms with Gasteiger partial charge in [-0.3, -0.25) is 9.59 Å². The van der Waals surface area contributed by atoms with Crippen molar-refractivity contribution < 1.29 is 9.59 Å². The van der Waals surface area contributed by atoms with Gasteiger partial charge in [0.1, 0.15) is 5.78 Å². The molecule has 27 heavy (non-hydrogen) atoms. The van der Waals surface area contributed by atoms with Crippen LogP contribution in [0.3, 0.4) is 0 Å². The Morgan fingerprint density at radius 2 is 1.48 bits per heavy atom. The fourth-order valence-corrected chi connectivity index (χ4v) is 3.88. The van der Waals surface area contributed by atoms with Crippen molar-refractivity contribution in [3.05, 3.63) is 35.9 Å². The van der Waals surface area contributed by atoms with Crippen molar-refractivity contribution in [2.45, 2.75) is 84.0 Å². The van der Waals surface area contributed by atoms with Crippen LogP contribution < -0.4 is 0 Å². The van der Waals surface area contributed by atoms with Gasteiger partial charge in [-0.2, -0.15) is 0 Å². The van der Waals surface area contributed by atoms with Gasteiger partial charge in [0.2, 0.25) is 5.91 Å². The highest BCUT2D eigenvalue weighted by Crippen LogP contribution is 2.31. The third-order valence-corrected chi connectivity index (χ3v) is 6.04. The Kier molecular flexibility index (Phi) is 9.58. The molecule has 3 nitrogen and oxygen atoms in total. The molecule has 3 heteroatoms. The van der Waals surface area contributed by atoms with Gasteiger partial charge in [-0.1, -0.05) is 76.3 Å². The van der Waals surface area contributed by atoms with Gasteiger partial charge in [0.05, 0.1) is 0 Å². The van der Waals surface area contributed by atoms with Gasteiger partial charge in [0.15, 0.2) is 0 Å². The Morgan fingerprint density at radius 3 is 2.07 bits per heavy atom. The predicted molar refractivity (Wildman–Crippen MR) is 112 cm³/mol. The zero-order chi connectivity index (χ0) is 19.5. The Labute approximate surface area is 165 Å². The molecule has 0 bridgehead atoms. The lowest BCUT2D eigenvalue weighted by atomic mass is 9.82. The standard InChI is InChI=1S/C24H37NO2/c1-3-23(26)16-12-7-5-4-6-8-13-17-24(27)25-18-22(19-25)20(2)21-14-10-9-11-15-21/h9-11,14-15,20,22H,3-8,12-13,16-19H2,1-2H3. The monoisotopic (exact) mass is 371 g/mol. The Bertz CT molecular complexity index is 563. The number of hydrogen-bond acceptors (Lipinski definition) is 2. The van der Waals surface area contributed by atoms with Crippen molar-refractivity contribution in [3.8, 4) is 0 Å². The number of hydrogen-bond donors (Lipinski definition) is 0. The summed E-state index contributed by atoms with van der Waals surface area (Å²) in [6.07, 6.45) is 10.2. The largest absolute Gasteiger partial charge is 0.342 e. The van der Waals surface area contributed by atoms with E-state index in [4.69, 9.17) is 0 Å². The topological polar surface area (TPSA) is 37.4 Å². The summed E-state index contributed by atoms with van der Waals surface area (Å²) in [4.78, 5) is 25.6. The minimum atomic E-state index is 0.338. The molecule has 1 aliphatic rings. The first-order chi connectivity index (χ1) is 13.1. The Balaban J connectivity index is 1.46. The van der Waals surface area contributed by atoms with E-state index in [1.165, 1.54) is 31.2 Å². The minimum Gasteiger partial charge on any atom is -0.342 e. The maximum atomic E-state index is 12.3. The van der Waals surface area contributed by atoms with Crippen LogP contribution in [0.4, 0.5) is 0 Å². The van der Waals surface area contributed by atoms with E-state index in [2.05, 4.69) is 37.3 Å². The lowest BCUT2D eigenvalue weighted by molar-refractivity contribution is -0.138. The molecule has 1 aromatic carbocycles. The van der Waals surface area contributed by atoms with Crippen LogP contribution >= 0.6 is 0 Å². The number of rotatable bonds is 13. The molecule has 1 heterocycles. The number of unbranched alkanes of at least 4 members (excludes halogenated alkanes) is 6. The van der Waals surface area contributed by atoms with Crippen LogP contribution in [0.15, 0.2) is 30.3 Å². The van der Waals surface area contributed by atoms with Crippen LogP contribution in [-0.4, -0.2) is 29.7 Å². The second kappa shape index (κ2) is 11.9. The maximum absolute atomic E-state index is 12.3. The molecule has 0 N–H and O–H groups in total. The van der Waals surface area contributed by atoms with Crippen LogP contribution in [0.1, 0.15) is 89.5 Å². The number of ketones is 1. The molecule has 0 aliphatic carbocycles. The van der Waals surface area contributed by atoms with Crippen LogP contribution in [0.2, 0.25) is 0 Å². The first-order valence-corrected chi connectivity index (χ1v) is 11.0. The number of amides is 1. The van der Waals surface area contributed by atoms with Crippen LogP contribution in [0.5, 0.6) is 0 Å². The van der Waals surface area contributed by atoms with E-state index >= 15 is 0 Å². The van der Waals surface area contributed by atoms with Crippen molar-refractivity contribution >= 4 is 11.7 Å². The van der Waals surface area contributed by atoms with Gasteiger partial charge in [0.25, 0.3) is 0 Å². The van der Waals surface area contributed by atoms with Gasteiger partial charge in [-0.15, -0.1) is 0 Å². The molecule has 1 aromatic rings. The molecule has 0 aromatic heterocycles. The number of benzene rings is 1. The summed E-state index contributed by atoms with van der Waals surface area (Å²) < 4.78 is 0. The van der Waals surface area contributed by atoms with Crippen molar-refractivity contribution in [3.63, 3.8) is 0 Å². The second-order valence-corrected chi connectivity index (χ2v) is 8.13. The summed E-state index contributed by atoms with van der Waals surface area (Å²) in [6, 6.07) is 10.6. The number of likely N-dealkylation sites (tertiary alicyclic amines) is 1. The molecule has 1 saturated heterocycles. The fourth-order valence-electron chi connectivity index (χ4n) is 3.88. The van der Waals surface area contributed by atoms with Gasteiger partial charge in [-0.25, -0.2) is 0 Å². The van der Waals surface area contributed by atoms with Crippen molar-refractivity contribution in [1.29, 1.82) is 0 Å². The van der Waals surface area contributed by atoms with Gasteiger partial charge in [-0.05, 0) is 24.3 Å². The zero-order valence-corrected chi connectivity index (χ0v) is 17.3. The van der Waals surface area contributed by atoms with Crippen LogP contribution in [-0.2, 0) is 9.59 Å². The van der Waals surface area contributed by atoms with E-state index in [1.54, 1.807) is 0 Å². The summed E-state index contributed by atoms with van der Waals surface area (Å²) in [6.45, 7) is 6.06. The lowest BCUT2D eigenvalue weighted by Crippen LogP contribution is -2.51. The van der Waals surface area contributed by atoms with E-state index in [0.717, 1.165) is 38.8 Å². The van der Waals surface area contributed by atoms with Gasteiger partial charge >= 0.3 is 0 Å². The smallest absolute Gasteiger partial charge is 0.222 e. The van der Waals surface area contributed by atoms with E-state index < -0.39 is 0 Å². The Hall–Kier alpha value is -1.64. The molecular formula is C24H37NO2. The average Bonchev–Trinajstić information content (AvgIpc) is 2.65. The van der Waals surface area contributed by atoms with Crippen molar-refractivity contribution in [2.75, 3.05) is 13.1 Å². The average molecular weight is 372 g/mol. The molecule has 1 unspecified atom stereocenters. The molecule has 2 rings (SSSR count). The van der Waals surface area contributed by atoms with E-state index in [9.17, 15) is 9.59 Å². The quantitative estimate of drug-likeness (QED) is 0.415. The normalized spacial score (nSPS) is 15.4. The third-order valence-electron chi connectivity index (χ3n) is 6.04. The maximum Gasteiger partial charge on any atom is 0.222 e. The number of Topliss-reactive ketones (excluding diaryl/α,β-unsaturated/α-hetero) is 1. The summed E-state index contributed by atoms with van der Waals surface area (Å²) in [5.74, 6) is 1.86. The summed E-state index contributed by atoms with van der Waals surface area (Å²) in [5, 5.41) is 0. The van der Waals surface area contributed by atoms with E-state index in [0.29, 0.717) is 36.4 Å². The predicted octanol–water partition coefficient (Wildman–Crippen LogP) is 5.74. The summed E-state index contributed by atoms with van der Waals surface area (Å²) in [5.41, 5.74) is 1.38. The number of nitrogens with zero attached hydrogens (tertiary/aromatic N) is 1. The van der Waals surface area contributed by atoms with Gasteiger partial charge < -0.3 is 4.90 Å². The highest BCUT2D eigenvalue weighted by Gasteiger charge is 2.34. The van der Waals surface area contributed by atoms with Crippen LogP contribution in [0, 0.1) is 5.92 Å². The number of carbonyl (C=O) groups excluding carboxylic acids is 2. The van der Waals surface area contributed by atoms with Crippen LogP contribution in [0.25, 0.3) is 0 Å². The highest BCUT2D eigenvalue weighted by atomic mass is 16.2. The highest BCUT2D eigenvalue weighted by molar-refractivity contribution is 5.78. The third kappa shape index (κ3) is 7.48. The second-order valence-electron chi connectivity index (χ2n) is 8.13. The van der Waals surface area contributed by atoms with Crippen molar-refractivity contribution in [2.24, 2.45) is 5.92 Å². The molecule has 1 aliphatic heterocycles. The first kappa shape index (κ1) is 21.7. The molecule has 0 spiro atoms. The molecule has 0 saturated carbocycles. The summed E-state index contributed by atoms with van der Waals surface area (Å²) >= 11 is 0. The molecule has 0 radical (unpaired) electrons. The fraction of sp³-hybridized carbons (Fsp3) is 0.667. The molecule has 1 atom stereocenters. The Morgan fingerprint density at radius 1 is 0.926 bits per heavy atom. The van der Waals surface area contributed by atoms with E-state index in [-0.39, 0.29) is 0 Å². The molecule has 1 fully saturated rings. The molecular weight excluding hydrogens is 334 g/mol. The SMILES string of the molecule is CCC(=O)CCCCCCCCCC(=O)N1CC(C(C)c2ccccc2)C1. The zero-order valence-electron chi connectivity index (χ0n) is 17.3. The lowest BCUT2D eigenvalue weighted by Gasteiger charge is -2.42. The van der Waals surface area contributed by atoms with Gasteiger partial charge in [0, 0.05) is 38.3 Å².